The minimum Gasteiger partial charge on any atom is -0.494 e. The molecule has 3 rings (SSSR count). The summed E-state index contributed by atoms with van der Waals surface area (Å²) in [6, 6.07) is 4.20. The van der Waals surface area contributed by atoms with E-state index in [0.29, 0.717) is 13.2 Å². The summed E-state index contributed by atoms with van der Waals surface area (Å²) in [6.45, 7) is 10.6. The van der Waals surface area contributed by atoms with Crippen LogP contribution in [0.1, 0.15) is 44.7 Å². The van der Waals surface area contributed by atoms with Gasteiger partial charge in [0.25, 0.3) is 0 Å². The molecule has 0 aromatic heterocycles. The van der Waals surface area contributed by atoms with Crippen LogP contribution in [0.3, 0.4) is 0 Å². The number of guanidine groups is 1. The zero-order valence-electron chi connectivity index (χ0n) is 17.3. The Morgan fingerprint density at radius 1 is 1.29 bits per heavy atom. The lowest BCUT2D eigenvalue weighted by Gasteiger charge is -2.16. The third-order valence-corrected chi connectivity index (χ3v) is 4.93. The Bertz CT molecular complexity index is 715. The van der Waals surface area contributed by atoms with Crippen LogP contribution in [-0.4, -0.2) is 45.0 Å². The van der Waals surface area contributed by atoms with Crippen LogP contribution < -0.4 is 20.1 Å². The highest BCUT2D eigenvalue weighted by Gasteiger charge is 2.21. The van der Waals surface area contributed by atoms with E-state index >= 15 is 0 Å². The van der Waals surface area contributed by atoms with Crippen LogP contribution in [0.4, 0.5) is 0 Å². The van der Waals surface area contributed by atoms with Gasteiger partial charge in [0.1, 0.15) is 17.6 Å². The van der Waals surface area contributed by atoms with Gasteiger partial charge in [0.15, 0.2) is 5.96 Å². The number of hydrogen-bond acceptors (Lipinski definition) is 4. The highest BCUT2D eigenvalue weighted by molar-refractivity contribution is 5.79. The van der Waals surface area contributed by atoms with E-state index in [1.54, 1.807) is 0 Å². The Labute approximate surface area is 168 Å². The van der Waals surface area contributed by atoms with E-state index in [1.807, 2.05) is 6.92 Å². The molecule has 0 amide bonds. The summed E-state index contributed by atoms with van der Waals surface area (Å²) in [5.41, 5.74) is 3.73. The number of nitrogens with one attached hydrogen (secondary N) is 2. The van der Waals surface area contributed by atoms with Crippen molar-refractivity contribution in [1.82, 2.24) is 10.6 Å². The maximum absolute atomic E-state index is 5.92. The average Bonchev–Trinajstić information content (AvgIpc) is 3.06. The summed E-state index contributed by atoms with van der Waals surface area (Å²) in [6.07, 6.45) is 5.39. The minimum atomic E-state index is 0.224. The van der Waals surface area contributed by atoms with E-state index < -0.39 is 0 Å². The summed E-state index contributed by atoms with van der Waals surface area (Å²) in [5, 5.41) is 6.76. The van der Waals surface area contributed by atoms with Gasteiger partial charge in [-0.15, -0.1) is 0 Å². The molecule has 2 aliphatic heterocycles. The van der Waals surface area contributed by atoms with E-state index in [-0.39, 0.29) is 6.10 Å². The van der Waals surface area contributed by atoms with Crippen LogP contribution >= 0.6 is 0 Å². The first kappa shape index (κ1) is 20.5. The molecule has 0 bridgehead atoms. The van der Waals surface area contributed by atoms with Gasteiger partial charge in [0, 0.05) is 30.6 Å². The summed E-state index contributed by atoms with van der Waals surface area (Å²) in [4.78, 5) is 4.77. The maximum atomic E-state index is 5.92. The molecule has 2 aliphatic rings. The quantitative estimate of drug-likeness (QED) is 0.407. The molecule has 0 spiro atoms. The van der Waals surface area contributed by atoms with E-state index in [9.17, 15) is 0 Å². The summed E-state index contributed by atoms with van der Waals surface area (Å²) in [7, 11) is 0. The van der Waals surface area contributed by atoms with Gasteiger partial charge < -0.3 is 24.8 Å². The molecular formula is C22H33N3O3. The Morgan fingerprint density at radius 3 is 2.93 bits per heavy atom. The zero-order chi connectivity index (χ0) is 19.8. The molecule has 2 heterocycles. The Morgan fingerprint density at radius 2 is 2.18 bits per heavy atom. The molecule has 1 unspecified atom stereocenters. The van der Waals surface area contributed by atoms with Gasteiger partial charge in [-0.05, 0) is 45.7 Å². The fraction of sp³-hybridized carbons (Fsp3) is 0.591. The SMILES string of the molecule is CCNC(=NCc1cc2c(cc1OCC)CC(C)O2)NCCC1=CCOCC1. The van der Waals surface area contributed by atoms with E-state index in [2.05, 4.69) is 42.7 Å². The highest BCUT2D eigenvalue weighted by atomic mass is 16.5. The highest BCUT2D eigenvalue weighted by Crippen LogP contribution is 2.35. The van der Waals surface area contributed by atoms with Crippen LogP contribution in [0.15, 0.2) is 28.8 Å². The number of nitrogens with zero attached hydrogens (tertiary/aromatic N) is 1. The van der Waals surface area contributed by atoms with Crippen LogP contribution in [0.25, 0.3) is 0 Å². The predicted molar refractivity (Wildman–Crippen MR) is 112 cm³/mol. The smallest absolute Gasteiger partial charge is 0.191 e. The molecule has 0 saturated carbocycles. The van der Waals surface area contributed by atoms with Crippen molar-refractivity contribution in [2.24, 2.45) is 4.99 Å². The van der Waals surface area contributed by atoms with Crippen molar-refractivity contribution in [1.29, 1.82) is 0 Å². The standard InChI is InChI=1S/C22H33N3O3/c1-4-23-22(24-9-6-17-7-10-26-11-8-17)25-15-19-14-21-18(12-16(3)28-21)13-20(19)27-5-2/h7,13-14,16H,4-6,8-12,15H2,1-3H3,(H2,23,24,25). The molecule has 0 saturated heterocycles. The van der Waals surface area contributed by atoms with Gasteiger partial charge in [-0.25, -0.2) is 4.99 Å². The molecule has 2 N–H and O–H groups in total. The summed E-state index contributed by atoms with van der Waals surface area (Å²) in [5.74, 6) is 2.70. The lowest BCUT2D eigenvalue weighted by molar-refractivity contribution is 0.153. The van der Waals surface area contributed by atoms with E-state index in [1.165, 1.54) is 11.1 Å². The monoisotopic (exact) mass is 387 g/mol. The van der Waals surface area contributed by atoms with Crippen LogP contribution in [0.5, 0.6) is 11.5 Å². The zero-order valence-corrected chi connectivity index (χ0v) is 17.3. The van der Waals surface area contributed by atoms with Crippen molar-refractivity contribution < 1.29 is 14.2 Å². The Balaban J connectivity index is 1.64. The molecule has 6 nitrogen and oxygen atoms in total. The lowest BCUT2D eigenvalue weighted by Crippen LogP contribution is -2.38. The van der Waals surface area contributed by atoms with Gasteiger partial charge in [-0.2, -0.15) is 0 Å². The number of aliphatic imine (C=N–C) groups is 1. The number of benzene rings is 1. The molecule has 1 atom stereocenters. The predicted octanol–water partition coefficient (Wildman–Crippen LogP) is 3.20. The van der Waals surface area contributed by atoms with Gasteiger partial charge in [-0.3, -0.25) is 0 Å². The van der Waals surface area contributed by atoms with Crippen LogP contribution in [-0.2, 0) is 17.7 Å². The summed E-state index contributed by atoms with van der Waals surface area (Å²) >= 11 is 0. The first-order valence-corrected chi connectivity index (χ1v) is 10.4. The average molecular weight is 388 g/mol. The number of hydrogen-bond donors (Lipinski definition) is 2. The Hall–Kier alpha value is -2.21. The second kappa shape index (κ2) is 10.4. The van der Waals surface area contributed by atoms with Crippen LogP contribution in [0.2, 0.25) is 0 Å². The molecule has 1 aromatic carbocycles. The fourth-order valence-corrected chi connectivity index (χ4v) is 3.53. The first-order valence-electron chi connectivity index (χ1n) is 10.4. The van der Waals surface area contributed by atoms with Gasteiger partial charge in [0.05, 0.1) is 26.4 Å². The minimum absolute atomic E-state index is 0.224. The van der Waals surface area contributed by atoms with Crippen LogP contribution in [0, 0.1) is 0 Å². The molecule has 1 aromatic rings. The molecular weight excluding hydrogens is 354 g/mol. The van der Waals surface area contributed by atoms with Gasteiger partial charge in [0.2, 0.25) is 0 Å². The molecule has 28 heavy (non-hydrogen) atoms. The third-order valence-electron chi connectivity index (χ3n) is 4.93. The molecule has 6 heteroatoms. The topological polar surface area (TPSA) is 64.1 Å². The third kappa shape index (κ3) is 5.64. The van der Waals surface area contributed by atoms with Crippen molar-refractivity contribution in [3.63, 3.8) is 0 Å². The first-order chi connectivity index (χ1) is 13.7. The van der Waals surface area contributed by atoms with Crippen molar-refractivity contribution in [2.75, 3.05) is 32.9 Å². The number of rotatable bonds is 8. The van der Waals surface area contributed by atoms with Crippen molar-refractivity contribution in [2.45, 2.75) is 52.7 Å². The van der Waals surface area contributed by atoms with E-state index in [0.717, 1.165) is 68.6 Å². The second-order valence-electron chi connectivity index (χ2n) is 7.19. The molecule has 154 valence electrons. The van der Waals surface area contributed by atoms with E-state index in [4.69, 9.17) is 19.2 Å². The van der Waals surface area contributed by atoms with Gasteiger partial charge in [-0.1, -0.05) is 11.6 Å². The number of fused-ring (bicyclic) bond motifs is 1. The largest absolute Gasteiger partial charge is 0.494 e. The maximum Gasteiger partial charge on any atom is 0.191 e. The number of ether oxygens (including phenoxy) is 3. The fourth-order valence-electron chi connectivity index (χ4n) is 3.53. The van der Waals surface area contributed by atoms with Crippen molar-refractivity contribution >= 4 is 5.96 Å². The second-order valence-corrected chi connectivity index (χ2v) is 7.19. The summed E-state index contributed by atoms with van der Waals surface area (Å²) < 4.78 is 17.1. The Kier molecular flexibility index (Phi) is 7.60. The lowest BCUT2D eigenvalue weighted by atomic mass is 10.1. The normalized spacial score (nSPS) is 18.9. The van der Waals surface area contributed by atoms with Crippen molar-refractivity contribution in [3.8, 4) is 11.5 Å². The van der Waals surface area contributed by atoms with Gasteiger partial charge >= 0.3 is 0 Å². The van der Waals surface area contributed by atoms with Crippen molar-refractivity contribution in [3.05, 3.63) is 34.9 Å². The molecule has 0 fully saturated rings. The molecule has 0 aliphatic carbocycles. The molecule has 0 radical (unpaired) electrons.